The highest BCUT2D eigenvalue weighted by Gasteiger charge is 2.18. The van der Waals surface area contributed by atoms with E-state index in [1.807, 2.05) is 6.92 Å². The first-order valence-electron chi connectivity index (χ1n) is 5.81. The number of pyridine rings is 1. The van der Waals surface area contributed by atoms with Crippen molar-refractivity contribution in [3.05, 3.63) is 44.2 Å². The molecule has 3 N–H and O–H groups in total. The van der Waals surface area contributed by atoms with Crippen LogP contribution in [-0.4, -0.2) is 11.5 Å². The summed E-state index contributed by atoms with van der Waals surface area (Å²) in [4.78, 5) is 5.48. The minimum absolute atomic E-state index is 0.110. The topological polar surface area (TPSA) is 50.9 Å². The molecule has 0 fully saturated rings. The molecule has 2 rings (SSSR count). The monoisotopic (exact) mass is 325 g/mol. The van der Waals surface area contributed by atoms with Crippen LogP contribution in [-0.2, 0) is 0 Å². The van der Waals surface area contributed by atoms with Gasteiger partial charge in [-0.15, -0.1) is 11.3 Å². The summed E-state index contributed by atoms with van der Waals surface area (Å²) in [5.41, 5.74) is 8.18. The van der Waals surface area contributed by atoms with Crippen molar-refractivity contribution in [1.29, 1.82) is 0 Å². The van der Waals surface area contributed by atoms with E-state index in [0.29, 0.717) is 5.82 Å². The Morgan fingerprint density at radius 2 is 2.28 bits per heavy atom. The Kier molecular flexibility index (Phi) is 4.37. The molecule has 0 aliphatic rings. The van der Waals surface area contributed by atoms with Gasteiger partial charge in [0.05, 0.1) is 6.04 Å². The van der Waals surface area contributed by atoms with Crippen LogP contribution >= 0.6 is 27.3 Å². The van der Waals surface area contributed by atoms with Crippen LogP contribution in [0.5, 0.6) is 0 Å². The van der Waals surface area contributed by atoms with Gasteiger partial charge in [0.25, 0.3) is 0 Å². The molecule has 0 aromatic carbocycles. The fraction of sp³-hybridized carbons (Fsp3) is 0.308. The Morgan fingerprint density at radius 3 is 2.89 bits per heavy atom. The molecule has 1 atom stereocenters. The van der Waals surface area contributed by atoms with E-state index >= 15 is 0 Å². The van der Waals surface area contributed by atoms with Gasteiger partial charge in [-0.2, -0.15) is 0 Å². The van der Waals surface area contributed by atoms with E-state index in [0.717, 1.165) is 22.1 Å². The molecular formula is C13H16BrN3S. The zero-order valence-corrected chi connectivity index (χ0v) is 12.8. The Morgan fingerprint density at radius 1 is 1.50 bits per heavy atom. The number of halogens is 1. The molecule has 2 aromatic heterocycles. The number of nitrogen functional groups attached to an aromatic ring is 1. The standard InChI is InChI=1S/C13H16BrN3S/c1-3-16-12(11-5-9(14)7-18-11)10-4-8(2)6-17-13(10)15/h4-7,12,16H,3H2,1-2H3,(H2,15,17). The minimum Gasteiger partial charge on any atom is -0.383 e. The third-order valence-corrected chi connectivity index (χ3v) is 4.44. The van der Waals surface area contributed by atoms with Crippen LogP contribution in [0.3, 0.4) is 0 Å². The van der Waals surface area contributed by atoms with Gasteiger partial charge < -0.3 is 11.1 Å². The first-order valence-corrected chi connectivity index (χ1v) is 7.48. The van der Waals surface area contributed by atoms with E-state index in [2.05, 4.69) is 50.7 Å². The highest BCUT2D eigenvalue weighted by molar-refractivity contribution is 9.10. The molecule has 2 heterocycles. The van der Waals surface area contributed by atoms with Crippen molar-refractivity contribution >= 4 is 33.1 Å². The third-order valence-electron chi connectivity index (χ3n) is 2.68. The zero-order chi connectivity index (χ0) is 13.1. The van der Waals surface area contributed by atoms with Gasteiger partial charge >= 0.3 is 0 Å². The van der Waals surface area contributed by atoms with Gasteiger partial charge in [0.1, 0.15) is 5.82 Å². The molecule has 18 heavy (non-hydrogen) atoms. The van der Waals surface area contributed by atoms with Gasteiger partial charge in [-0.25, -0.2) is 4.98 Å². The molecule has 0 radical (unpaired) electrons. The quantitative estimate of drug-likeness (QED) is 0.904. The molecule has 0 saturated heterocycles. The van der Waals surface area contributed by atoms with E-state index in [1.54, 1.807) is 17.5 Å². The third kappa shape index (κ3) is 2.91. The van der Waals surface area contributed by atoms with Crippen molar-refractivity contribution in [2.24, 2.45) is 0 Å². The second-order valence-corrected chi connectivity index (χ2v) is 6.00. The number of nitrogens with zero attached hydrogens (tertiary/aromatic N) is 1. The van der Waals surface area contributed by atoms with Gasteiger partial charge in [0.15, 0.2) is 0 Å². The SMILES string of the molecule is CCNC(c1cc(Br)cs1)c1cc(C)cnc1N. The van der Waals surface area contributed by atoms with E-state index in [4.69, 9.17) is 5.73 Å². The van der Waals surface area contributed by atoms with Crippen LogP contribution in [0.2, 0.25) is 0 Å². The average molecular weight is 326 g/mol. The molecule has 0 aliphatic heterocycles. The molecule has 3 nitrogen and oxygen atoms in total. The number of rotatable bonds is 4. The summed E-state index contributed by atoms with van der Waals surface area (Å²) in [7, 11) is 0. The predicted octanol–water partition coefficient (Wildman–Crippen LogP) is 3.50. The Hall–Kier alpha value is -0.910. The molecular weight excluding hydrogens is 310 g/mol. The number of aromatic nitrogens is 1. The van der Waals surface area contributed by atoms with Gasteiger partial charge in [0, 0.05) is 26.5 Å². The normalized spacial score (nSPS) is 12.6. The summed E-state index contributed by atoms with van der Waals surface area (Å²) in [6.07, 6.45) is 1.80. The molecule has 96 valence electrons. The largest absolute Gasteiger partial charge is 0.383 e. The Bertz CT molecular complexity index is 539. The summed E-state index contributed by atoms with van der Waals surface area (Å²) in [6.45, 7) is 5.01. The van der Waals surface area contributed by atoms with Crippen LogP contribution < -0.4 is 11.1 Å². The fourth-order valence-electron chi connectivity index (χ4n) is 1.88. The highest BCUT2D eigenvalue weighted by Crippen LogP contribution is 2.32. The first kappa shape index (κ1) is 13.5. The maximum Gasteiger partial charge on any atom is 0.128 e. The molecule has 0 saturated carbocycles. The number of hydrogen-bond donors (Lipinski definition) is 2. The van der Waals surface area contributed by atoms with Crippen molar-refractivity contribution < 1.29 is 0 Å². The summed E-state index contributed by atoms with van der Waals surface area (Å²) in [5, 5.41) is 5.55. The highest BCUT2D eigenvalue weighted by atomic mass is 79.9. The zero-order valence-electron chi connectivity index (χ0n) is 10.4. The van der Waals surface area contributed by atoms with Crippen molar-refractivity contribution in [2.45, 2.75) is 19.9 Å². The Balaban J connectivity index is 2.44. The molecule has 5 heteroatoms. The second-order valence-electron chi connectivity index (χ2n) is 4.15. The smallest absolute Gasteiger partial charge is 0.128 e. The maximum absolute atomic E-state index is 6.01. The average Bonchev–Trinajstić information content (AvgIpc) is 2.76. The lowest BCUT2D eigenvalue weighted by Crippen LogP contribution is -2.22. The van der Waals surface area contributed by atoms with Crippen LogP contribution in [0.4, 0.5) is 5.82 Å². The summed E-state index contributed by atoms with van der Waals surface area (Å²) in [6, 6.07) is 4.34. The molecule has 1 unspecified atom stereocenters. The molecule has 0 bridgehead atoms. The lowest BCUT2D eigenvalue weighted by atomic mass is 10.0. The van der Waals surface area contributed by atoms with Crippen molar-refractivity contribution in [3.8, 4) is 0 Å². The molecule has 2 aromatic rings. The summed E-state index contributed by atoms with van der Waals surface area (Å²) >= 11 is 5.21. The van der Waals surface area contributed by atoms with E-state index in [9.17, 15) is 0 Å². The van der Waals surface area contributed by atoms with E-state index in [-0.39, 0.29) is 6.04 Å². The van der Waals surface area contributed by atoms with E-state index < -0.39 is 0 Å². The van der Waals surface area contributed by atoms with Crippen LogP contribution in [0.25, 0.3) is 0 Å². The predicted molar refractivity (Wildman–Crippen MR) is 80.9 cm³/mol. The number of hydrogen-bond acceptors (Lipinski definition) is 4. The molecule has 0 spiro atoms. The lowest BCUT2D eigenvalue weighted by Gasteiger charge is -2.18. The van der Waals surface area contributed by atoms with Crippen LogP contribution in [0, 0.1) is 6.92 Å². The number of nitrogens with two attached hydrogens (primary N) is 1. The van der Waals surface area contributed by atoms with Crippen molar-refractivity contribution in [3.63, 3.8) is 0 Å². The van der Waals surface area contributed by atoms with Gasteiger partial charge in [-0.1, -0.05) is 6.92 Å². The Labute approximate surface area is 120 Å². The van der Waals surface area contributed by atoms with Crippen molar-refractivity contribution in [1.82, 2.24) is 10.3 Å². The molecule has 0 aliphatic carbocycles. The number of thiophene rings is 1. The summed E-state index contributed by atoms with van der Waals surface area (Å²) in [5.74, 6) is 0.594. The number of nitrogens with one attached hydrogen (secondary N) is 1. The summed E-state index contributed by atoms with van der Waals surface area (Å²) < 4.78 is 1.10. The lowest BCUT2D eigenvalue weighted by molar-refractivity contribution is 0.639. The van der Waals surface area contributed by atoms with Gasteiger partial charge in [-0.3, -0.25) is 0 Å². The van der Waals surface area contributed by atoms with E-state index in [1.165, 1.54) is 4.88 Å². The second kappa shape index (κ2) is 5.82. The first-order chi connectivity index (χ1) is 8.61. The maximum atomic E-state index is 6.01. The minimum atomic E-state index is 0.110. The number of aryl methyl sites for hydroxylation is 1. The van der Waals surface area contributed by atoms with Gasteiger partial charge in [-0.05, 0) is 47.1 Å². The number of anilines is 1. The van der Waals surface area contributed by atoms with Crippen LogP contribution in [0.15, 0.2) is 28.2 Å². The van der Waals surface area contributed by atoms with Gasteiger partial charge in [0.2, 0.25) is 0 Å². The fourth-order valence-corrected chi connectivity index (χ4v) is 3.42. The van der Waals surface area contributed by atoms with Crippen molar-refractivity contribution in [2.75, 3.05) is 12.3 Å². The molecule has 0 amide bonds. The van der Waals surface area contributed by atoms with Crippen LogP contribution in [0.1, 0.15) is 29.0 Å².